The summed E-state index contributed by atoms with van der Waals surface area (Å²) in [7, 11) is 0. The fourth-order valence-electron chi connectivity index (χ4n) is 3.83. The van der Waals surface area contributed by atoms with Gasteiger partial charge in [0.05, 0.1) is 12.0 Å². The molecule has 1 saturated carbocycles. The van der Waals surface area contributed by atoms with Crippen LogP contribution in [0.4, 0.5) is 10.2 Å². The number of nitrogens with zero attached hydrogens (tertiary/aromatic N) is 6. The number of anilines is 1. The van der Waals surface area contributed by atoms with E-state index in [0.717, 1.165) is 22.6 Å². The van der Waals surface area contributed by atoms with Crippen molar-refractivity contribution in [3.8, 4) is 17.2 Å². The number of aliphatic carboxylic acids is 1. The number of aryl methyl sites for hydroxylation is 1. The van der Waals surface area contributed by atoms with Gasteiger partial charge in [0.15, 0.2) is 5.82 Å². The molecule has 1 aromatic carbocycles. The van der Waals surface area contributed by atoms with Crippen LogP contribution in [0.15, 0.2) is 49.2 Å². The summed E-state index contributed by atoms with van der Waals surface area (Å²) in [5.41, 5.74) is 4.22. The molecule has 3 N–H and O–H groups in total. The molecule has 0 unspecified atom stereocenters. The second-order valence-corrected chi connectivity index (χ2v) is 9.18. The molecule has 4 aromatic rings. The zero-order valence-electron chi connectivity index (χ0n) is 21.0. The smallest absolute Gasteiger partial charge is 0.329 e. The van der Waals surface area contributed by atoms with Crippen molar-refractivity contribution >= 4 is 11.8 Å². The third-order valence-electron chi connectivity index (χ3n) is 5.94. The van der Waals surface area contributed by atoms with Crippen LogP contribution in [0.5, 0.6) is 0 Å². The number of carboxylic acid groups (broad SMARTS) is 1. The van der Waals surface area contributed by atoms with Gasteiger partial charge in [0.2, 0.25) is 0 Å². The molecule has 0 atom stereocenters. The van der Waals surface area contributed by atoms with Crippen molar-refractivity contribution in [1.29, 1.82) is 0 Å². The van der Waals surface area contributed by atoms with E-state index in [9.17, 15) is 4.39 Å². The maximum Gasteiger partial charge on any atom is 0.329 e. The van der Waals surface area contributed by atoms with E-state index in [1.165, 1.54) is 12.8 Å². The van der Waals surface area contributed by atoms with Crippen molar-refractivity contribution < 1.29 is 19.4 Å². The van der Waals surface area contributed by atoms with E-state index in [0.29, 0.717) is 29.7 Å². The molecule has 0 amide bonds. The monoisotopic (exact) mass is 507 g/mol. The average molecular weight is 508 g/mol. The number of rotatable bonds is 8. The van der Waals surface area contributed by atoms with Gasteiger partial charge >= 0.3 is 5.97 Å². The number of carboxylic acids is 1. The molecule has 37 heavy (non-hydrogen) atoms. The summed E-state index contributed by atoms with van der Waals surface area (Å²) >= 11 is 0. The fraction of sp³-hybridized carbons (Fsp3) is 0.346. The SMILES string of the molecule is Cc1cc(F)c(CNc2cccc(-c3nncn3C(C)C)n2)cc1-n1cnc(C2CC2)c1.O=C(O)CO. The number of aliphatic hydroxyl groups is 1. The number of hydrogen-bond acceptors (Lipinski definition) is 7. The summed E-state index contributed by atoms with van der Waals surface area (Å²) in [5, 5.41) is 26.5. The number of pyridine rings is 1. The molecule has 1 fully saturated rings. The maximum absolute atomic E-state index is 14.7. The summed E-state index contributed by atoms with van der Waals surface area (Å²) in [6.07, 6.45) is 7.99. The first kappa shape index (κ1) is 26.0. The minimum atomic E-state index is -1.19. The van der Waals surface area contributed by atoms with Crippen LogP contribution in [0.25, 0.3) is 17.2 Å². The van der Waals surface area contributed by atoms with Gasteiger partial charge in [-0.15, -0.1) is 10.2 Å². The summed E-state index contributed by atoms with van der Waals surface area (Å²) in [6.45, 7) is 5.60. The first-order valence-corrected chi connectivity index (χ1v) is 12.0. The van der Waals surface area contributed by atoms with E-state index in [1.807, 2.05) is 46.7 Å². The van der Waals surface area contributed by atoms with E-state index in [4.69, 9.17) is 15.0 Å². The maximum atomic E-state index is 14.7. The Bertz CT molecular complexity index is 1380. The highest BCUT2D eigenvalue weighted by atomic mass is 19.1. The minimum absolute atomic E-state index is 0.224. The van der Waals surface area contributed by atoms with Crippen molar-refractivity contribution in [2.45, 2.75) is 52.1 Å². The largest absolute Gasteiger partial charge is 0.480 e. The lowest BCUT2D eigenvalue weighted by atomic mass is 10.1. The van der Waals surface area contributed by atoms with Crippen LogP contribution in [-0.4, -0.2) is 52.1 Å². The van der Waals surface area contributed by atoms with Crippen LogP contribution in [-0.2, 0) is 11.3 Å². The Hall–Kier alpha value is -4.12. The third-order valence-corrected chi connectivity index (χ3v) is 5.94. The van der Waals surface area contributed by atoms with Gasteiger partial charge in [0.25, 0.3) is 0 Å². The van der Waals surface area contributed by atoms with Crippen molar-refractivity contribution in [1.82, 2.24) is 29.3 Å². The number of hydrogen-bond donors (Lipinski definition) is 3. The Labute approximate surface area is 213 Å². The van der Waals surface area contributed by atoms with Crippen molar-refractivity contribution in [3.05, 3.63) is 71.8 Å². The number of carbonyl (C=O) groups is 1. The third kappa shape index (κ3) is 6.36. The van der Waals surface area contributed by atoms with Gasteiger partial charge in [0, 0.05) is 36.0 Å². The number of halogens is 1. The van der Waals surface area contributed by atoms with Crippen molar-refractivity contribution in [3.63, 3.8) is 0 Å². The quantitative estimate of drug-likeness (QED) is 0.325. The molecule has 0 spiro atoms. The molecule has 0 saturated heterocycles. The molecule has 1 aliphatic carbocycles. The lowest BCUT2D eigenvalue weighted by Crippen LogP contribution is -2.07. The normalized spacial score (nSPS) is 12.8. The summed E-state index contributed by atoms with van der Waals surface area (Å²) in [4.78, 5) is 18.3. The van der Waals surface area contributed by atoms with E-state index in [1.54, 1.807) is 12.4 Å². The molecule has 1 aliphatic rings. The van der Waals surface area contributed by atoms with Gasteiger partial charge in [-0.3, -0.25) is 0 Å². The topological polar surface area (TPSA) is 131 Å². The summed E-state index contributed by atoms with van der Waals surface area (Å²) in [6, 6.07) is 9.36. The molecule has 11 heteroatoms. The molecule has 5 rings (SSSR count). The lowest BCUT2D eigenvalue weighted by molar-refractivity contribution is -0.140. The summed E-state index contributed by atoms with van der Waals surface area (Å²) < 4.78 is 18.7. The molecule has 0 radical (unpaired) electrons. The molecule has 0 bridgehead atoms. The van der Waals surface area contributed by atoms with Gasteiger partial charge in [-0.25, -0.2) is 19.2 Å². The van der Waals surface area contributed by atoms with Crippen LogP contribution in [0.2, 0.25) is 0 Å². The molecular formula is C26H30FN7O3. The van der Waals surface area contributed by atoms with Crippen molar-refractivity contribution in [2.75, 3.05) is 11.9 Å². The predicted molar refractivity (Wildman–Crippen MR) is 136 cm³/mol. The number of imidazole rings is 1. The summed E-state index contributed by atoms with van der Waals surface area (Å²) in [5.74, 6) is 0.514. The van der Waals surface area contributed by atoms with Crippen LogP contribution >= 0.6 is 0 Å². The highest BCUT2D eigenvalue weighted by Gasteiger charge is 2.26. The van der Waals surface area contributed by atoms with Gasteiger partial charge in [-0.1, -0.05) is 6.07 Å². The van der Waals surface area contributed by atoms with E-state index >= 15 is 0 Å². The van der Waals surface area contributed by atoms with Crippen LogP contribution < -0.4 is 5.32 Å². The second kappa shape index (κ2) is 11.3. The Balaban J connectivity index is 0.000000586. The van der Waals surface area contributed by atoms with Crippen LogP contribution in [0.3, 0.4) is 0 Å². The van der Waals surface area contributed by atoms with Crippen LogP contribution in [0, 0.1) is 12.7 Å². The van der Waals surface area contributed by atoms with E-state index in [-0.39, 0.29) is 11.9 Å². The molecular weight excluding hydrogens is 477 g/mol. The highest BCUT2D eigenvalue weighted by Crippen LogP contribution is 2.39. The molecule has 10 nitrogen and oxygen atoms in total. The van der Waals surface area contributed by atoms with Gasteiger partial charge in [-0.2, -0.15) is 0 Å². The first-order chi connectivity index (χ1) is 17.8. The van der Waals surface area contributed by atoms with Gasteiger partial charge < -0.3 is 24.7 Å². The number of aliphatic hydroxyl groups excluding tert-OH is 1. The molecule has 3 aromatic heterocycles. The van der Waals surface area contributed by atoms with Crippen LogP contribution in [0.1, 0.15) is 55.5 Å². The Morgan fingerprint density at radius 3 is 2.68 bits per heavy atom. The van der Waals surface area contributed by atoms with E-state index < -0.39 is 12.6 Å². The first-order valence-electron chi connectivity index (χ1n) is 12.0. The Kier molecular flexibility index (Phi) is 7.92. The molecule has 194 valence electrons. The standard InChI is InChI=1S/C24H26FN7.C2H4O3/c1-15(2)32-14-28-30-24(32)20-5-4-6-23(29-20)26-11-18-10-22(16(3)9-19(18)25)31-12-21(27-13-31)17-7-8-17;3-1-2(4)5/h4-6,9-10,12-15,17H,7-8,11H2,1-3H3,(H,26,29);3H,1H2,(H,4,5). The van der Waals surface area contributed by atoms with Crippen molar-refractivity contribution in [2.24, 2.45) is 0 Å². The zero-order chi connectivity index (χ0) is 26.5. The number of benzene rings is 1. The molecule has 0 aliphatic heterocycles. The van der Waals surface area contributed by atoms with E-state index in [2.05, 4.69) is 45.5 Å². The Morgan fingerprint density at radius 2 is 2.00 bits per heavy atom. The number of nitrogens with one attached hydrogen (secondary N) is 1. The van der Waals surface area contributed by atoms with Gasteiger partial charge in [-0.05, 0) is 63.4 Å². The Morgan fingerprint density at radius 1 is 1.24 bits per heavy atom. The average Bonchev–Trinajstić information content (AvgIpc) is 3.39. The second-order valence-electron chi connectivity index (χ2n) is 9.18. The number of aromatic nitrogens is 6. The minimum Gasteiger partial charge on any atom is -0.480 e. The predicted octanol–water partition coefficient (Wildman–Crippen LogP) is 4.11. The zero-order valence-corrected chi connectivity index (χ0v) is 21.0. The fourth-order valence-corrected chi connectivity index (χ4v) is 3.83. The highest BCUT2D eigenvalue weighted by molar-refractivity contribution is 5.67. The van der Waals surface area contributed by atoms with Gasteiger partial charge in [0.1, 0.15) is 30.3 Å². The lowest BCUT2D eigenvalue weighted by Gasteiger charge is -2.13. The molecule has 3 heterocycles.